The van der Waals surface area contributed by atoms with Gasteiger partial charge in [0.1, 0.15) is 0 Å². The maximum Gasteiger partial charge on any atom is 0.231 e. The van der Waals surface area contributed by atoms with Crippen LogP contribution in [0, 0.1) is 0 Å². The topological polar surface area (TPSA) is 58.4 Å². The van der Waals surface area contributed by atoms with Crippen LogP contribution in [0.15, 0.2) is 0 Å². The minimum Gasteiger partial charge on any atom is -0.369 e. The molecule has 0 saturated carbocycles. The molecule has 0 bridgehead atoms. The second kappa shape index (κ2) is 5.97. The zero-order valence-electron chi connectivity index (χ0n) is 8.13. The number of nitrogens with one attached hydrogen (secondary N) is 1. The van der Waals surface area contributed by atoms with Gasteiger partial charge in [0.05, 0.1) is 6.54 Å². The maximum atomic E-state index is 10.5. The first-order valence-electron chi connectivity index (χ1n) is 4.22. The molecule has 0 aliphatic heterocycles. The van der Waals surface area contributed by atoms with Crippen molar-refractivity contribution in [2.45, 2.75) is 19.9 Å². The molecule has 0 saturated heterocycles. The third kappa shape index (κ3) is 7.50. The largest absolute Gasteiger partial charge is 0.369 e. The predicted molar refractivity (Wildman–Crippen MR) is 49.8 cm³/mol. The second-order valence-corrected chi connectivity index (χ2v) is 3.31. The van der Waals surface area contributed by atoms with Gasteiger partial charge in [-0.3, -0.25) is 9.69 Å². The third-order valence-corrected chi connectivity index (χ3v) is 1.47. The van der Waals surface area contributed by atoms with Crippen molar-refractivity contribution in [3.63, 3.8) is 0 Å². The van der Waals surface area contributed by atoms with Crippen LogP contribution in [0.4, 0.5) is 0 Å². The highest BCUT2D eigenvalue weighted by Gasteiger charge is 2.01. The van der Waals surface area contributed by atoms with Crippen LogP contribution in [0.1, 0.15) is 13.8 Å². The van der Waals surface area contributed by atoms with Gasteiger partial charge in [0.15, 0.2) is 0 Å². The second-order valence-electron chi connectivity index (χ2n) is 3.31. The number of hydrogen-bond acceptors (Lipinski definition) is 3. The zero-order valence-corrected chi connectivity index (χ0v) is 8.13. The summed E-state index contributed by atoms with van der Waals surface area (Å²) in [5.74, 6) is -0.276. The Balaban J connectivity index is 3.31. The number of nitrogens with two attached hydrogens (primary N) is 1. The van der Waals surface area contributed by atoms with Crippen molar-refractivity contribution in [2.75, 3.05) is 26.7 Å². The Morgan fingerprint density at radius 1 is 1.58 bits per heavy atom. The Morgan fingerprint density at radius 3 is 2.58 bits per heavy atom. The van der Waals surface area contributed by atoms with Crippen molar-refractivity contribution in [1.82, 2.24) is 10.2 Å². The van der Waals surface area contributed by atoms with Crippen molar-refractivity contribution < 1.29 is 4.79 Å². The molecule has 1 amide bonds. The van der Waals surface area contributed by atoms with E-state index in [-0.39, 0.29) is 5.91 Å². The van der Waals surface area contributed by atoms with Gasteiger partial charge in [0.25, 0.3) is 0 Å². The first-order chi connectivity index (χ1) is 5.52. The Hall–Kier alpha value is -0.610. The van der Waals surface area contributed by atoms with Gasteiger partial charge < -0.3 is 11.1 Å². The van der Waals surface area contributed by atoms with Crippen molar-refractivity contribution in [2.24, 2.45) is 5.73 Å². The first-order valence-corrected chi connectivity index (χ1v) is 4.22. The molecule has 0 aliphatic rings. The van der Waals surface area contributed by atoms with Crippen LogP contribution in [0.2, 0.25) is 0 Å². The predicted octanol–water partition coefficient (Wildman–Crippen LogP) is -0.598. The number of carbonyl (C=O) groups excluding carboxylic acids is 1. The molecule has 0 fully saturated rings. The molecule has 0 spiro atoms. The lowest BCUT2D eigenvalue weighted by Gasteiger charge is -2.15. The molecule has 12 heavy (non-hydrogen) atoms. The molecule has 4 heteroatoms. The summed E-state index contributed by atoms with van der Waals surface area (Å²) in [4.78, 5) is 12.4. The molecule has 0 aromatic heterocycles. The molecule has 0 heterocycles. The minimum atomic E-state index is -0.276. The lowest BCUT2D eigenvalue weighted by molar-refractivity contribution is -0.118. The van der Waals surface area contributed by atoms with Crippen molar-refractivity contribution in [3.05, 3.63) is 0 Å². The molecule has 0 rings (SSSR count). The highest BCUT2D eigenvalue weighted by molar-refractivity contribution is 5.75. The van der Waals surface area contributed by atoms with Gasteiger partial charge in [-0.2, -0.15) is 0 Å². The average Bonchev–Trinajstić information content (AvgIpc) is 1.84. The normalized spacial score (nSPS) is 11.1. The summed E-state index contributed by atoms with van der Waals surface area (Å²) in [5, 5.41) is 3.26. The van der Waals surface area contributed by atoms with Gasteiger partial charge in [0, 0.05) is 19.1 Å². The number of rotatable bonds is 6. The third-order valence-electron chi connectivity index (χ3n) is 1.47. The Morgan fingerprint density at radius 2 is 2.17 bits per heavy atom. The summed E-state index contributed by atoms with van der Waals surface area (Å²) in [6.45, 7) is 6.25. The van der Waals surface area contributed by atoms with E-state index in [0.717, 1.165) is 13.1 Å². The van der Waals surface area contributed by atoms with Gasteiger partial charge in [-0.1, -0.05) is 13.8 Å². The summed E-state index contributed by atoms with van der Waals surface area (Å²) in [5.41, 5.74) is 5.02. The first kappa shape index (κ1) is 11.4. The smallest absolute Gasteiger partial charge is 0.231 e. The maximum absolute atomic E-state index is 10.5. The molecule has 0 aromatic carbocycles. The molecule has 0 radical (unpaired) electrons. The van der Waals surface area contributed by atoms with Gasteiger partial charge in [-0.15, -0.1) is 0 Å². The molecule has 3 N–H and O–H groups in total. The fourth-order valence-corrected chi connectivity index (χ4v) is 0.889. The SMILES string of the molecule is CC(C)NCCN(C)CC(N)=O. The summed E-state index contributed by atoms with van der Waals surface area (Å²) in [7, 11) is 1.88. The van der Waals surface area contributed by atoms with Gasteiger partial charge in [-0.25, -0.2) is 0 Å². The van der Waals surface area contributed by atoms with Crippen LogP contribution < -0.4 is 11.1 Å². The van der Waals surface area contributed by atoms with Gasteiger partial charge in [0.2, 0.25) is 5.91 Å². The molecule has 72 valence electrons. The molecule has 0 aromatic rings. The van der Waals surface area contributed by atoms with E-state index in [1.807, 2.05) is 11.9 Å². The van der Waals surface area contributed by atoms with Crippen molar-refractivity contribution in [1.29, 1.82) is 0 Å². The summed E-state index contributed by atoms with van der Waals surface area (Å²) >= 11 is 0. The number of primary amides is 1. The van der Waals surface area contributed by atoms with Crippen LogP contribution in [-0.4, -0.2) is 43.5 Å². The highest BCUT2D eigenvalue weighted by atomic mass is 16.1. The van der Waals surface area contributed by atoms with E-state index in [1.54, 1.807) is 0 Å². The van der Waals surface area contributed by atoms with Crippen LogP contribution in [0.5, 0.6) is 0 Å². The lowest BCUT2D eigenvalue weighted by atomic mass is 10.4. The van der Waals surface area contributed by atoms with E-state index in [9.17, 15) is 4.79 Å². The molecular weight excluding hydrogens is 154 g/mol. The van der Waals surface area contributed by atoms with Crippen LogP contribution in [0.3, 0.4) is 0 Å². The minimum absolute atomic E-state index is 0.276. The highest BCUT2D eigenvalue weighted by Crippen LogP contribution is 1.80. The quantitative estimate of drug-likeness (QED) is 0.564. The monoisotopic (exact) mass is 173 g/mol. The molecule has 0 aliphatic carbocycles. The lowest BCUT2D eigenvalue weighted by Crippen LogP contribution is -2.37. The number of amides is 1. The van der Waals surface area contributed by atoms with Gasteiger partial charge >= 0.3 is 0 Å². The van der Waals surface area contributed by atoms with E-state index in [4.69, 9.17) is 5.73 Å². The molecular formula is C8H19N3O. The summed E-state index contributed by atoms with van der Waals surface area (Å²) in [6, 6.07) is 0.493. The van der Waals surface area contributed by atoms with E-state index in [0.29, 0.717) is 12.6 Å². The van der Waals surface area contributed by atoms with Crippen LogP contribution in [-0.2, 0) is 4.79 Å². The van der Waals surface area contributed by atoms with E-state index >= 15 is 0 Å². The van der Waals surface area contributed by atoms with E-state index < -0.39 is 0 Å². The Bertz CT molecular complexity index is 136. The number of hydrogen-bond donors (Lipinski definition) is 2. The standard InChI is InChI=1S/C8H19N3O/c1-7(2)10-4-5-11(3)6-8(9)12/h7,10H,4-6H2,1-3H3,(H2,9,12). The molecule has 0 unspecified atom stereocenters. The summed E-state index contributed by atoms with van der Waals surface area (Å²) in [6.07, 6.45) is 0. The number of carbonyl (C=O) groups is 1. The fraction of sp³-hybridized carbons (Fsp3) is 0.875. The summed E-state index contributed by atoms with van der Waals surface area (Å²) < 4.78 is 0. The van der Waals surface area contributed by atoms with Crippen molar-refractivity contribution >= 4 is 5.91 Å². The van der Waals surface area contributed by atoms with Crippen LogP contribution in [0.25, 0.3) is 0 Å². The number of nitrogens with zero attached hydrogens (tertiary/aromatic N) is 1. The van der Waals surface area contributed by atoms with Crippen LogP contribution >= 0.6 is 0 Å². The van der Waals surface area contributed by atoms with Crippen molar-refractivity contribution in [3.8, 4) is 0 Å². The van der Waals surface area contributed by atoms with E-state index in [1.165, 1.54) is 0 Å². The molecule has 4 nitrogen and oxygen atoms in total. The van der Waals surface area contributed by atoms with E-state index in [2.05, 4.69) is 19.2 Å². The Kier molecular flexibility index (Phi) is 5.66. The molecule has 0 atom stereocenters. The fourth-order valence-electron chi connectivity index (χ4n) is 0.889. The average molecular weight is 173 g/mol. The number of likely N-dealkylation sites (N-methyl/N-ethyl adjacent to an activating group) is 1. The zero-order chi connectivity index (χ0) is 9.56. The van der Waals surface area contributed by atoms with Gasteiger partial charge in [-0.05, 0) is 7.05 Å². The Labute approximate surface area is 74.1 Å².